The lowest BCUT2D eigenvalue weighted by molar-refractivity contribution is 0.492. The monoisotopic (exact) mass is 197 g/mol. The molecule has 4 heteroatoms. The molecule has 0 radical (unpaired) electrons. The smallest absolute Gasteiger partial charge is 0.0795 e. The molecule has 1 heterocycles. The van der Waals surface area contributed by atoms with Gasteiger partial charge in [0.1, 0.15) is 0 Å². The van der Waals surface area contributed by atoms with Gasteiger partial charge in [0, 0.05) is 5.38 Å². The Bertz CT molecular complexity index is 233. The number of aromatic nitrogens is 1. The van der Waals surface area contributed by atoms with Crippen LogP contribution in [0.1, 0.15) is 31.0 Å². The number of nitrogens with two attached hydrogens (primary N) is 1. The zero-order valence-corrected chi connectivity index (χ0v) is 8.39. The Labute approximate surface area is 82.7 Å². The highest BCUT2D eigenvalue weighted by atomic mass is 32.1. The van der Waals surface area contributed by atoms with E-state index in [-0.39, 0.29) is 6.04 Å². The summed E-state index contributed by atoms with van der Waals surface area (Å²) in [5.41, 5.74) is 5.64. The largest absolute Gasteiger partial charge is 0.271 e. The molecular formula is C9H15N3S. The Morgan fingerprint density at radius 3 is 3.15 bits per heavy atom. The van der Waals surface area contributed by atoms with Crippen LogP contribution in [0.3, 0.4) is 0 Å². The first-order valence-electron chi connectivity index (χ1n) is 4.33. The number of hydrogen-bond acceptors (Lipinski definition) is 4. The molecule has 0 saturated carbocycles. The first-order chi connectivity index (χ1) is 6.38. The molecule has 0 saturated heterocycles. The minimum absolute atomic E-state index is 0.186. The molecular weight excluding hydrogens is 182 g/mol. The lowest BCUT2D eigenvalue weighted by Gasteiger charge is -2.12. The van der Waals surface area contributed by atoms with Gasteiger partial charge in [0.25, 0.3) is 0 Å². The van der Waals surface area contributed by atoms with Crippen molar-refractivity contribution in [2.45, 2.75) is 25.3 Å². The SMILES string of the molecule is C=CCCCC(NN)c1cscn1. The van der Waals surface area contributed by atoms with E-state index in [2.05, 4.69) is 17.0 Å². The zero-order chi connectivity index (χ0) is 9.52. The Balaban J connectivity index is 2.39. The standard InChI is InChI=1S/C9H15N3S/c1-2-3-4-5-8(12-10)9-6-13-7-11-9/h2,6-8,12H,1,3-5,10H2. The summed E-state index contributed by atoms with van der Waals surface area (Å²) >= 11 is 1.60. The molecule has 0 aromatic carbocycles. The van der Waals surface area contributed by atoms with Gasteiger partial charge in [-0.15, -0.1) is 17.9 Å². The van der Waals surface area contributed by atoms with Crippen molar-refractivity contribution in [3.63, 3.8) is 0 Å². The van der Waals surface area contributed by atoms with Crippen molar-refractivity contribution in [1.29, 1.82) is 0 Å². The number of allylic oxidation sites excluding steroid dienone is 1. The van der Waals surface area contributed by atoms with Crippen LogP contribution in [0.2, 0.25) is 0 Å². The third-order valence-electron chi connectivity index (χ3n) is 1.91. The molecule has 1 unspecified atom stereocenters. The van der Waals surface area contributed by atoms with Crippen LogP contribution >= 0.6 is 11.3 Å². The quantitative estimate of drug-likeness (QED) is 0.317. The lowest BCUT2D eigenvalue weighted by atomic mass is 10.1. The van der Waals surface area contributed by atoms with Crippen LogP contribution in [0.5, 0.6) is 0 Å². The summed E-state index contributed by atoms with van der Waals surface area (Å²) in [4.78, 5) is 4.22. The summed E-state index contributed by atoms with van der Waals surface area (Å²) in [5, 5.41) is 2.03. The van der Waals surface area contributed by atoms with E-state index in [0.29, 0.717) is 0 Å². The van der Waals surface area contributed by atoms with Crippen LogP contribution in [0, 0.1) is 0 Å². The fraction of sp³-hybridized carbons (Fsp3) is 0.444. The third kappa shape index (κ3) is 3.26. The molecule has 0 aliphatic carbocycles. The summed E-state index contributed by atoms with van der Waals surface area (Å²) in [6.45, 7) is 3.68. The van der Waals surface area contributed by atoms with Crippen molar-refractivity contribution in [2.75, 3.05) is 0 Å². The molecule has 0 amide bonds. The van der Waals surface area contributed by atoms with E-state index in [0.717, 1.165) is 25.0 Å². The summed E-state index contributed by atoms with van der Waals surface area (Å²) in [7, 11) is 0. The van der Waals surface area contributed by atoms with Gasteiger partial charge in [0.15, 0.2) is 0 Å². The highest BCUT2D eigenvalue weighted by Crippen LogP contribution is 2.18. The minimum Gasteiger partial charge on any atom is -0.271 e. The maximum absolute atomic E-state index is 5.44. The number of nitrogens with zero attached hydrogens (tertiary/aromatic N) is 1. The van der Waals surface area contributed by atoms with Crippen molar-refractivity contribution in [2.24, 2.45) is 5.84 Å². The van der Waals surface area contributed by atoms with Crippen LogP contribution < -0.4 is 11.3 Å². The highest BCUT2D eigenvalue weighted by Gasteiger charge is 2.09. The summed E-state index contributed by atoms with van der Waals surface area (Å²) in [6, 6.07) is 0.186. The van der Waals surface area contributed by atoms with Crippen molar-refractivity contribution >= 4 is 11.3 Å². The van der Waals surface area contributed by atoms with Crippen LogP contribution in [-0.4, -0.2) is 4.98 Å². The van der Waals surface area contributed by atoms with Gasteiger partial charge in [-0.1, -0.05) is 6.08 Å². The van der Waals surface area contributed by atoms with Crippen molar-refractivity contribution in [3.8, 4) is 0 Å². The van der Waals surface area contributed by atoms with Gasteiger partial charge in [-0.05, 0) is 19.3 Å². The molecule has 0 bridgehead atoms. The van der Waals surface area contributed by atoms with Gasteiger partial charge in [-0.2, -0.15) is 0 Å². The zero-order valence-electron chi connectivity index (χ0n) is 7.57. The molecule has 1 atom stereocenters. The second kappa shape index (κ2) is 5.85. The van der Waals surface area contributed by atoms with Gasteiger partial charge in [-0.25, -0.2) is 4.98 Å². The number of nitrogens with one attached hydrogen (secondary N) is 1. The minimum atomic E-state index is 0.186. The van der Waals surface area contributed by atoms with Crippen LogP contribution in [0.15, 0.2) is 23.5 Å². The van der Waals surface area contributed by atoms with E-state index in [1.165, 1.54) is 0 Å². The van der Waals surface area contributed by atoms with Crippen LogP contribution in [-0.2, 0) is 0 Å². The number of thiazole rings is 1. The Hall–Kier alpha value is -0.710. The van der Waals surface area contributed by atoms with Crippen molar-refractivity contribution < 1.29 is 0 Å². The van der Waals surface area contributed by atoms with E-state index in [1.807, 2.05) is 17.0 Å². The van der Waals surface area contributed by atoms with E-state index in [9.17, 15) is 0 Å². The summed E-state index contributed by atoms with van der Waals surface area (Å²) < 4.78 is 0. The molecule has 3 N–H and O–H groups in total. The molecule has 0 aliphatic heterocycles. The topological polar surface area (TPSA) is 50.9 Å². The molecule has 72 valence electrons. The maximum atomic E-state index is 5.44. The van der Waals surface area contributed by atoms with E-state index in [1.54, 1.807) is 11.3 Å². The average molecular weight is 197 g/mol. The summed E-state index contributed by atoms with van der Waals surface area (Å²) in [5.74, 6) is 5.44. The second-order valence-corrected chi connectivity index (χ2v) is 3.57. The predicted molar refractivity (Wildman–Crippen MR) is 56.2 cm³/mol. The predicted octanol–water partition coefficient (Wildman–Crippen LogP) is 2.00. The van der Waals surface area contributed by atoms with Crippen molar-refractivity contribution in [1.82, 2.24) is 10.4 Å². The molecule has 1 aromatic rings. The Morgan fingerprint density at radius 2 is 2.62 bits per heavy atom. The Morgan fingerprint density at radius 1 is 1.77 bits per heavy atom. The number of rotatable bonds is 6. The first kappa shape index (κ1) is 10.4. The normalized spacial score (nSPS) is 12.7. The maximum Gasteiger partial charge on any atom is 0.0795 e. The number of hydrazine groups is 1. The van der Waals surface area contributed by atoms with E-state index in [4.69, 9.17) is 5.84 Å². The molecule has 13 heavy (non-hydrogen) atoms. The average Bonchev–Trinajstić information content (AvgIpc) is 2.65. The van der Waals surface area contributed by atoms with Gasteiger partial charge in [0.05, 0.1) is 17.2 Å². The van der Waals surface area contributed by atoms with Gasteiger partial charge < -0.3 is 0 Å². The van der Waals surface area contributed by atoms with Crippen LogP contribution in [0.25, 0.3) is 0 Å². The highest BCUT2D eigenvalue weighted by molar-refractivity contribution is 7.07. The molecule has 0 aliphatic rings. The molecule has 0 fully saturated rings. The molecule has 3 nitrogen and oxygen atoms in total. The van der Waals surface area contributed by atoms with Crippen molar-refractivity contribution in [3.05, 3.63) is 29.2 Å². The molecule has 0 spiro atoms. The van der Waals surface area contributed by atoms with Gasteiger partial charge >= 0.3 is 0 Å². The van der Waals surface area contributed by atoms with Gasteiger partial charge in [-0.3, -0.25) is 11.3 Å². The first-order valence-corrected chi connectivity index (χ1v) is 5.28. The fourth-order valence-electron chi connectivity index (χ4n) is 1.18. The van der Waals surface area contributed by atoms with Gasteiger partial charge in [0.2, 0.25) is 0 Å². The molecule has 1 rings (SSSR count). The third-order valence-corrected chi connectivity index (χ3v) is 2.52. The van der Waals surface area contributed by atoms with E-state index < -0.39 is 0 Å². The van der Waals surface area contributed by atoms with E-state index >= 15 is 0 Å². The Kier molecular flexibility index (Phi) is 4.67. The number of hydrogen-bond donors (Lipinski definition) is 2. The fourth-order valence-corrected chi connectivity index (χ4v) is 1.78. The lowest BCUT2D eigenvalue weighted by Crippen LogP contribution is -2.28. The van der Waals surface area contributed by atoms with Crippen LogP contribution in [0.4, 0.5) is 0 Å². The second-order valence-electron chi connectivity index (χ2n) is 2.85. The number of unbranched alkanes of at least 4 members (excludes halogenated alkanes) is 1. The molecule has 1 aromatic heterocycles. The summed E-state index contributed by atoms with van der Waals surface area (Å²) in [6.07, 6.45) is 5.05.